The fourth-order valence-corrected chi connectivity index (χ4v) is 3.93. The van der Waals surface area contributed by atoms with E-state index in [2.05, 4.69) is 9.88 Å². The third-order valence-corrected chi connectivity index (χ3v) is 5.30. The van der Waals surface area contributed by atoms with Crippen LogP contribution >= 0.6 is 0 Å². The Morgan fingerprint density at radius 2 is 2.14 bits per heavy atom. The number of oxime groups is 1. The van der Waals surface area contributed by atoms with Gasteiger partial charge in [-0.15, -0.1) is 0 Å². The number of hydrogen-bond donors (Lipinski definition) is 3. The van der Waals surface area contributed by atoms with Gasteiger partial charge in [0.1, 0.15) is 5.84 Å². The predicted octanol–water partition coefficient (Wildman–Crippen LogP) is 1.37. The van der Waals surface area contributed by atoms with Gasteiger partial charge in [0, 0.05) is 12.5 Å². The molecule has 1 aliphatic carbocycles. The summed E-state index contributed by atoms with van der Waals surface area (Å²) in [5.74, 6) is 0.0125. The van der Waals surface area contributed by atoms with Crippen LogP contribution in [-0.4, -0.2) is 25.5 Å². The summed E-state index contributed by atoms with van der Waals surface area (Å²) in [5, 5.41) is 11.5. The van der Waals surface area contributed by atoms with Crippen LogP contribution in [-0.2, 0) is 22.9 Å². The lowest BCUT2D eigenvalue weighted by Gasteiger charge is -2.16. The van der Waals surface area contributed by atoms with E-state index < -0.39 is 10.0 Å². The van der Waals surface area contributed by atoms with Crippen molar-refractivity contribution in [2.75, 3.05) is 0 Å². The Labute approximate surface area is 125 Å². The van der Waals surface area contributed by atoms with E-state index in [-0.39, 0.29) is 23.2 Å². The highest BCUT2D eigenvalue weighted by Crippen LogP contribution is 2.24. The maximum atomic E-state index is 12.4. The number of fused-ring (bicyclic) bond motifs is 1. The summed E-state index contributed by atoms with van der Waals surface area (Å²) in [6, 6.07) is 4.89. The van der Waals surface area contributed by atoms with Gasteiger partial charge in [0.15, 0.2) is 0 Å². The minimum absolute atomic E-state index is 0.0125. The van der Waals surface area contributed by atoms with Crippen molar-refractivity contribution < 1.29 is 13.6 Å². The quantitative estimate of drug-likeness (QED) is 0.319. The molecule has 0 saturated heterocycles. The highest BCUT2D eigenvalue weighted by atomic mass is 32.2. The molecule has 0 bridgehead atoms. The van der Waals surface area contributed by atoms with Crippen molar-refractivity contribution in [2.45, 2.75) is 50.0 Å². The molecule has 0 saturated carbocycles. The van der Waals surface area contributed by atoms with Crippen LogP contribution in [0.3, 0.4) is 0 Å². The average Bonchev–Trinajstić information content (AvgIpc) is 2.93. The molecule has 0 fully saturated rings. The molecule has 7 heteroatoms. The van der Waals surface area contributed by atoms with Gasteiger partial charge < -0.3 is 10.9 Å². The summed E-state index contributed by atoms with van der Waals surface area (Å²) in [5.41, 5.74) is 7.79. The SMILES string of the molecule is CCC(CC(N)=NO)NS(=O)(=O)c1ccc2c(c1)CCC2. The molecule has 0 amide bonds. The monoisotopic (exact) mass is 311 g/mol. The van der Waals surface area contributed by atoms with E-state index in [1.165, 1.54) is 5.56 Å². The van der Waals surface area contributed by atoms with Crippen LogP contribution < -0.4 is 10.5 Å². The average molecular weight is 311 g/mol. The zero-order chi connectivity index (χ0) is 15.5. The summed E-state index contributed by atoms with van der Waals surface area (Å²) >= 11 is 0. The van der Waals surface area contributed by atoms with E-state index in [1.54, 1.807) is 12.1 Å². The van der Waals surface area contributed by atoms with Crippen molar-refractivity contribution in [1.29, 1.82) is 0 Å². The summed E-state index contributed by atoms with van der Waals surface area (Å²) in [6.45, 7) is 1.85. The van der Waals surface area contributed by atoms with Crippen LogP contribution in [0.1, 0.15) is 37.3 Å². The molecule has 0 radical (unpaired) electrons. The molecule has 1 aliphatic rings. The zero-order valence-corrected chi connectivity index (χ0v) is 12.9. The second-order valence-electron chi connectivity index (χ2n) is 5.31. The minimum atomic E-state index is -3.59. The molecule has 21 heavy (non-hydrogen) atoms. The van der Waals surface area contributed by atoms with E-state index in [0.717, 1.165) is 24.8 Å². The van der Waals surface area contributed by atoms with Crippen molar-refractivity contribution >= 4 is 15.9 Å². The number of rotatable bonds is 6. The Morgan fingerprint density at radius 1 is 1.43 bits per heavy atom. The molecule has 116 valence electrons. The molecular formula is C14H21N3O3S. The number of nitrogens with zero attached hydrogens (tertiary/aromatic N) is 1. The standard InChI is InChI=1S/C14H21N3O3S/c1-2-12(9-14(15)16-18)17-21(19,20)13-7-6-10-4-3-5-11(10)8-13/h6-8,12,17-18H,2-5,9H2,1H3,(H2,15,16). The zero-order valence-electron chi connectivity index (χ0n) is 12.0. The first kappa shape index (κ1) is 15.8. The normalized spacial score (nSPS) is 16.7. The molecule has 6 nitrogen and oxygen atoms in total. The third kappa shape index (κ3) is 3.74. The molecule has 1 unspecified atom stereocenters. The maximum absolute atomic E-state index is 12.4. The molecular weight excluding hydrogens is 290 g/mol. The number of sulfonamides is 1. The second-order valence-corrected chi connectivity index (χ2v) is 7.02. The van der Waals surface area contributed by atoms with Crippen molar-refractivity contribution in [2.24, 2.45) is 10.9 Å². The lowest BCUT2D eigenvalue weighted by atomic mass is 10.1. The largest absolute Gasteiger partial charge is 0.409 e. The van der Waals surface area contributed by atoms with E-state index in [0.29, 0.717) is 6.42 Å². The predicted molar refractivity (Wildman–Crippen MR) is 80.9 cm³/mol. The van der Waals surface area contributed by atoms with Gasteiger partial charge in [-0.25, -0.2) is 13.1 Å². The van der Waals surface area contributed by atoms with Gasteiger partial charge in [0.05, 0.1) is 4.90 Å². The molecule has 1 aromatic rings. The van der Waals surface area contributed by atoms with Gasteiger partial charge in [-0.2, -0.15) is 0 Å². The Morgan fingerprint density at radius 3 is 2.81 bits per heavy atom. The summed E-state index contributed by atoms with van der Waals surface area (Å²) < 4.78 is 27.4. The Balaban J connectivity index is 2.17. The minimum Gasteiger partial charge on any atom is -0.409 e. The van der Waals surface area contributed by atoms with E-state index in [9.17, 15) is 8.42 Å². The van der Waals surface area contributed by atoms with Gasteiger partial charge in [0.2, 0.25) is 10.0 Å². The number of aryl methyl sites for hydroxylation is 2. The van der Waals surface area contributed by atoms with Gasteiger partial charge in [-0.1, -0.05) is 18.1 Å². The van der Waals surface area contributed by atoms with Crippen molar-refractivity contribution in [3.8, 4) is 0 Å². The molecule has 0 aromatic heterocycles. The van der Waals surface area contributed by atoms with Gasteiger partial charge >= 0.3 is 0 Å². The summed E-state index contributed by atoms with van der Waals surface area (Å²) in [6.07, 6.45) is 3.76. The first-order valence-electron chi connectivity index (χ1n) is 7.06. The Hall–Kier alpha value is -1.60. The van der Waals surface area contributed by atoms with E-state index in [1.807, 2.05) is 13.0 Å². The molecule has 0 spiro atoms. The van der Waals surface area contributed by atoms with Gasteiger partial charge in [0.25, 0.3) is 0 Å². The van der Waals surface area contributed by atoms with Crippen molar-refractivity contribution in [3.05, 3.63) is 29.3 Å². The molecule has 1 aromatic carbocycles. The lowest BCUT2D eigenvalue weighted by Crippen LogP contribution is -2.37. The van der Waals surface area contributed by atoms with Gasteiger partial charge in [-0.3, -0.25) is 0 Å². The van der Waals surface area contributed by atoms with Crippen molar-refractivity contribution in [1.82, 2.24) is 4.72 Å². The smallest absolute Gasteiger partial charge is 0.240 e. The van der Waals surface area contributed by atoms with Crippen LogP contribution in [0.2, 0.25) is 0 Å². The molecule has 0 heterocycles. The highest BCUT2D eigenvalue weighted by Gasteiger charge is 2.22. The summed E-state index contributed by atoms with van der Waals surface area (Å²) in [7, 11) is -3.59. The number of nitrogens with one attached hydrogen (secondary N) is 1. The number of amidine groups is 1. The highest BCUT2D eigenvalue weighted by molar-refractivity contribution is 7.89. The number of benzene rings is 1. The van der Waals surface area contributed by atoms with E-state index >= 15 is 0 Å². The van der Waals surface area contributed by atoms with Crippen LogP contribution in [0.15, 0.2) is 28.3 Å². The topological polar surface area (TPSA) is 105 Å². The summed E-state index contributed by atoms with van der Waals surface area (Å²) in [4.78, 5) is 0.279. The molecule has 1 atom stereocenters. The maximum Gasteiger partial charge on any atom is 0.240 e. The van der Waals surface area contributed by atoms with E-state index in [4.69, 9.17) is 10.9 Å². The van der Waals surface area contributed by atoms with Crippen LogP contribution in [0, 0.1) is 0 Å². The second kappa shape index (κ2) is 6.44. The lowest BCUT2D eigenvalue weighted by molar-refractivity contribution is 0.316. The van der Waals surface area contributed by atoms with Crippen LogP contribution in [0.5, 0.6) is 0 Å². The molecule has 0 aliphatic heterocycles. The molecule has 2 rings (SSSR count). The fraction of sp³-hybridized carbons (Fsp3) is 0.500. The van der Waals surface area contributed by atoms with Crippen molar-refractivity contribution in [3.63, 3.8) is 0 Å². The fourth-order valence-electron chi connectivity index (χ4n) is 2.57. The number of nitrogens with two attached hydrogens (primary N) is 1. The Bertz CT molecular complexity index is 641. The molecule has 4 N–H and O–H groups in total. The first-order valence-corrected chi connectivity index (χ1v) is 8.55. The van der Waals surface area contributed by atoms with Crippen LogP contribution in [0.4, 0.5) is 0 Å². The first-order chi connectivity index (χ1) is 9.96. The number of hydrogen-bond acceptors (Lipinski definition) is 4. The third-order valence-electron chi connectivity index (χ3n) is 3.78. The van der Waals surface area contributed by atoms with Crippen LogP contribution in [0.25, 0.3) is 0 Å². The Kier molecular flexibility index (Phi) is 4.84. The van der Waals surface area contributed by atoms with Gasteiger partial charge in [-0.05, 0) is 48.9 Å².